The second-order valence-electron chi connectivity index (χ2n) is 7.71. The zero-order chi connectivity index (χ0) is 23.2. The molecule has 2 heterocycles. The van der Waals surface area contributed by atoms with Crippen LogP contribution in [0.15, 0.2) is 47.9 Å². The molecule has 0 radical (unpaired) electrons. The van der Waals surface area contributed by atoms with Gasteiger partial charge >= 0.3 is 0 Å². The van der Waals surface area contributed by atoms with Crippen molar-refractivity contribution in [1.29, 1.82) is 0 Å². The van der Waals surface area contributed by atoms with Crippen LogP contribution in [0.2, 0.25) is 0 Å². The van der Waals surface area contributed by atoms with Crippen LogP contribution in [0.3, 0.4) is 0 Å². The van der Waals surface area contributed by atoms with Crippen LogP contribution in [0.5, 0.6) is 0 Å². The quantitative estimate of drug-likeness (QED) is 0.394. The number of pyridine rings is 1. The maximum absolute atomic E-state index is 14.7. The van der Waals surface area contributed by atoms with Crippen molar-refractivity contribution in [2.24, 2.45) is 0 Å². The number of benzene rings is 1. The van der Waals surface area contributed by atoms with Gasteiger partial charge in [-0.05, 0) is 19.8 Å². The Hall–Kier alpha value is -3.30. The van der Waals surface area contributed by atoms with E-state index >= 15 is 0 Å². The van der Waals surface area contributed by atoms with Crippen LogP contribution in [0.1, 0.15) is 42.3 Å². The summed E-state index contributed by atoms with van der Waals surface area (Å²) in [5.74, 6) is -0.670. The normalized spacial score (nSPS) is 15.9. The number of rotatable bonds is 7. The van der Waals surface area contributed by atoms with Crippen molar-refractivity contribution < 1.29 is 22.0 Å². The van der Waals surface area contributed by atoms with Gasteiger partial charge in [-0.1, -0.05) is 24.3 Å². The molecule has 1 saturated carbocycles. The monoisotopic (exact) mass is 450 g/mol. The molecule has 3 aromatic rings. The molecule has 2 aromatic heterocycles. The Morgan fingerprint density at radius 3 is 2.47 bits per heavy atom. The van der Waals surface area contributed by atoms with E-state index in [1.54, 1.807) is 6.92 Å². The number of aromatic nitrogens is 3. The van der Waals surface area contributed by atoms with Crippen LogP contribution in [0, 0.1) is 12.7 Å². The molecule has 0 spiro atoms. The molecule has 5 nitrogen and oxygen atoms in total. The van der Waals surface area contributed by atoms with Gasteiger partial charge in [-0.2, -0.15) is 0 Å². The molecule has 1 fully saturated rings. The Morgan fingerprint density at radius 1 is 1.19 bits per heavy atom. The fourth-order valence-electron chi connectivity index (χ4n) is 3.76. The molecular weight excluding hydrogens is 431 g/mol. The van der Waals surface area contributed by atoms with Crippen LogP contribution < -0.4 is 10.9 Å². The maximum Gasteiger partial charge on any atom is 0.266 e. The van der Waals surface area contributed by atoms with Crippen molar-refractivity contribution in [2.45, 2.75) is 44.2 Å². The highest BCUT2D eigenvalue weighted by atomic mass is 19.3. The van der Waals surface area contributed by atoms with E-state index in [-0.39, 0.29) is 41.0 Å². The number of hydrogen-bond acceptors (Lipinski definition) is 4. The molecule has 0 amide bonds. The summed E-state index contributed by atoms with van der Waals surface area (Å²) in [4.78, 5) is 21.0. The highest BCUT2D eigenvalue weighted by molar-refractivity contribution is 5.88. The Bertz CT molecular complexity index is 1250. The lowest BCUT2D eigenvalue weighted by Crippen LogP contribution is -2.35. The van der Waals surface area contributed by atoms with Gasteiger partial charge in [0.05, 0.1) is 22.5 Å². The van der Waals surface area contributed by atoms with E-state index in [1.165, 1.54) is 24.4 Å². The van der Waals surface area contributed by atoms with Crippen LogP contribution in [0.4, 0.5) is 27.8 Å². The van der Waals surface area contributed by atoms with E-state index in [1.807, 2.05) is 0 Å². The van der Waals surface area contributed by atoms with Gasteiger partial charge in [0, 0.05) is 17.8 Å². The SMILES string of the molecule is C=C[C@@H](Nc1nc(C)nc2cc(=O)n(C3(C(F)F)CC3)cc12)c1cccc(C(F)F)c1F. The van der Waals surface area contributed by atoms with Gasteiger partial charge in [0.25, 0.3) is 18.4 Å². The van der Waals surface area contributed by atoms with Crippen LogP contribution in [0.25, 0.3) is 10.9 Å². The minimum atomic E-state index is -3.00. The maximum atomic E-state index is 14.7. The van der Waals surface area contributed by atoms with E-state index in [0.29, 0.717) is 0 Å². The average molecular weight is 450 g/mol. The van der Waals surface area contributed by atoms with Crippen molar-refractivity contribution in [1.82, 2.24) is 14.5 Å². The van der Waals surface area contributed by atoms with Crippen molar-refractivity contribution >= 4 is 16.7 Å². The van der Waals surface area contributed by atoms with Gasteiger partial charge in [-0.15, -0.1) is 6.58 Å². The summed E-state index contributed by atoms with van der Waals surface area (Å²) >= 11 is 0. The number of halogens is 5. The molecule has 168 valence electrons. The predicted octanol–water partition coefficient (Wildman–Crippen LogP) is 5.27. The Labute approximate surface area is 179 Å². The van der Waals surface area contributed by atoms with E-state index in [0.717, 1.165) is 16.7 Å². The molecular formula is C22H19F5N4O. The molecule has 1 aliphatic rings. The number of hydrogen-bond donors (Lipinski definition) is 1. The molecule has 1 atom stereocenters. The number of anilines is 1. The first-order chi connectivity index (χ1) is 15.2. The smallest absolute Gasteiger partial charge is 0.266 e. The van der Waals surface area contributed by atoms with Crippen molar-refractivity contribution in [2.75, 3.05) is 5.32 Å². The Balaban J connectivity index is 1.83. The van der Waals surface area contributed by atoms with Crippen LogP contribution in [-0.4, -0.2) is 21.0 Å². The first-order valence-electron chi connectivity index (χ1n) is 9.83. The summed E-state index contributed by atoms with van der Waals surface area (Å²) in [5, 5.41) is 3.19. The molecule has 1 aliphatic carbocycles. The molecule has 4 rings (SSSR count). The summed E-state index contributed by atoms with van der Waals surface area (Å²) in [6, 6.07) is 3.82. The number of nitrogens with zero attached hydrogens (tertiary/aromatic N) is 3. The lowest BCUT2D eigenvalue weighted by atomic mass is 10.0. The topological polar surface area (TPSA) is 59.8 Å². The van der Waals surface area contributed by atoms with Crippen LogP contribution >= 0.6 is 0 Å². The summed E-state index contributed by atoms with van der Waals surface area (Å²) in [6.07, 6.45) is -2.83. The first kappa shape index (κ1) is 21.9. The standard InChI is InChI=1S/C22H19F5N4O/c1-3-15(12-5-4-6-13(18(12)23)19(24)25)30-20-14-10-31(22(7-8-22)21(26)27)17(32)9-16(14)28-11(2)29-20/h3-6,9-10,15,19,21H,1,7-8H2,2H3,(H,28,29,30)/t15-/m1/s1. The zero-order valence-electron chi connectivity index (χ0n) is 17.0. The fourth-order valence-corrected chi connectivity index (χ4v) is 3.76. The van der Waals surface area contributed by atoms with Crippen molar-refractivity contribution in [3.8, 4) is 0 Å². The number of fused-ring (bicyclic) bond motifs is 1. The van der Waals surface area contributed by atoms with E-state index in [9.17, 15) is 26.7 Å². The molecule has 0 saturated heterocycles. The second kappa shape index (κ2) is 7.99. The lowest BCUT2D eigenvalue weighted by molar-refractivity contribution is 0.0654. The molecule has 0 aliphatic heterocycles. The first-order valence-corrected chi connectivity index (χ1v) is 9.83. The lowest BCUT2D eigenvalue weighted by Gasteiger charge is -2.21. The van der Waals surface area contributed by atoms with Gasteiger partial charge < -0.3 is 9.88 Å². The van der Waals surface area contributed by atoms with Gasteiger partial charge in [-0.3, -0.25) is 4.79 Å². The van der Waals surface area contributed by atoms with Crippen molar-refractivity contribution in [3.63, 3.8) is 0 Å². The summed E-state index contributed by atoms with van der Waals surface area (Å²) < 4.78 is 69.2. The third kappa shape index (κ3) is 3.63. The molecule has 1 N–H and O–H groups in total. The number of alkyl halides is 4. The van der Waals surface area contributed by atoms with Crippen molar-refractivity contribution in [3.05, 3.63) is 76.2 Å². The fraction of sp³-hybridized carbons (Fsp3) is 0.318. The van der Waals surface area contributed by atoms with Gasteiger partial charge in [0.15, 0.2) is 0 Å². The summed E-state index contributed by atoms with van der Waals surface area (Å²) in [6.45, 7) is 5.21. The highest BCUT2D eigenvalue weighted by Crippen LogP contribution is 2.48. The third-order valence-electron chi connectivity index (χ3n) is 5.65. The molecule has 1 aromatic carbocycles. The van der Waals surface area contributed by atoms with Gasteiger partial charge in [0.2, 0.25) is 0 Å². The van der Waals surface area contributed by atoms with E-state index < -0.39 is 41.4 Å². The zero-order valence-corrected chi connectivity index (χ0v) is 17.0. The van der Waals surface area contributed by atoms with Crippen LogP contribution in [-0.2, 0) is 5.54 Å². The minimum Gasteiger partial charge on any atom is -0.359 e. The summed E-state index contributed by atoms with van der Waals surface area (Å²) in [7, 11) is 0. The number of aryl methyl sites for hydroxylation is 1. The van der Waals surface area contributed by atoms with E-state index in [4.69, 9.17) is 0 Å². The number of nitrogens with one attached hydrogen (secondary N) is 1. The predicted molar refractivity (Wildman–Crippen MR) is 110 cm³/mol. The third-order valence-corrected chi connectivity index (χ3v) is 5.65. The highest BCUT2D eigenvalue weighted by Gasteiger charge is 2.53. The largest absolute Gasteiger partial charge is 0.359 e. The van der Waals surface area contributed by atoms with E-state index in [2.05, 4.69) is 21.9 Å². The average Bonchev–Trinajstić information content (AvgIpc) is 3.53. The van der Waals surface area contributed by atoms with Gasteiger partial charge in [-0.25, -0.2) is 31.9 Å². The molecule has 0 unspecified atom stereocenters. The Morgan fingerprint density at radius 2 is 1.88 bits per heavy atom. The second-order valence-corrected chi connectivity index (χ2v) is 7.71. The minimum absolute atomic E-state index is 0.0817. The molecule has 10 heteroatoms. The Kier molecular flexibility index (Phi) is 5.47. The molecule has 32 heavy (non-hydrogen) atoms. The molecule has 0 bridgehead atoms. The van der Waals surface area contributed by atoms with Gasteiger partial charge in [0.1, 0.15) is 23.0 Å². The summed E-state index contributed by atoms with van der Waals surface area (Å²) in [5.41, 5.74) is -2.79.